The van der Waals surface area contributed by atoms with Crippen LogP contribution in [0.2, 0.25) is 5.02 Å². The molecule has 9 nitrogen and oxygen atoms in total. The Bertz CT molecular complexity index is 1670. The number of fused-ring (bicyclic) bond motifs is 3. The zero-order chi connectivity index (χ0) is 23.4. The molecule has 10 heteroatoms. The van der Waals surface area contributed by atoms with Crippen molar-refractivity contribution in [2.75, 3.05) is 14.2 Å². The third kappa shape index (κ3) is 2.96. The van der Waals surface area contributed by atoms with Crippen LogP contribution in [0.4, 0.5) is 0 Å². The lowest BCUT2D eigenvalue weighted by Crippen LogP contribution is -2.37. The maximum Gasteiger partial charge on any atom is 0.332 e. The van der Waals surface area contributed by atoms with Gasteiger partial charge in [-0.3, -0.25) is 22.9 Å². The highest BCUT2D eigenvalue weighted by Gasteiger charge is 2.23. The van der Waals surface area contributed by atoms with Gasteiger partial charge in [-0.1, -0.05) is 23.7 Å². The summed E-state index contributed by atoms with van der Waals surface area (Å²) in [4.78, 5) is 30.2. The molecule has 5 rings (SSSR count). The van der Waals surface area contributed by atoms with Crippen LogP contribution in [0.1, 0.15) is 0 Å². The Kier molecular flexibility index (Phi) is 4.79. The van der Waals surface area contributed by atoms with Gasteiger partial charge >= 0.3 is 5.69 Å². The molecule has 0 spiro atoms. The molecule has 3 heterocycles. The number of halogens is 1. The molecule has 5 aromatic rings. The minimum Gasteiger partial charge on any atom is -0.495 e. The third-order valence-corrected chi connectivity index (χ3v) is 6.03. The first-order valence-electron chi connectivity index (χ1n) is 10.0. The van der Waals surface area contributed by atoms with Gasteiger partial charge in [-0.25, -0.2) is 4.79 Å². The molecule has 0 aliphatic rings. The van der Waals surface area contributed by atoms with Gasteiger partial charge in [0.1, 0.15) is 11.5 Å². The van der Waals surface area contributed by atoms with Gasteiger partial charge in [0, 0.05) is 25.9 Å². The van der Waals surface area contributed by atoms with Crippen molar-refractivity contribution in [1.29, 1.82) is 0 Å². The summed E-state index contributed by atoms with van der Waals surface area (Å²) in [5, 5.41) is 0.448. The van der Waals surface area contributed by atoms with Crippen LogP contribution in [-0.2, 0) is 14.1 Å². The predicted molar refractivity (Wildman–Crippen MR) is 126 cm³/mol. The van der Waals surface area contributed by atoms with Gasteiger partial charge in [-0.15, -0.1) is 0 Å². The number of imidazole rings is 2. The Morgan fingerprint density at radius 1 is 0.939 bits per heavy atom. The summed E-state index contributed by atoms with van der Waals surface area (Å²) in [7, 11) is 6.18. The fourth-order valence-corrected chi connectivity index (χ4v) is 4.31. The topological polar surface area (TPSA) is 84.7 Å². The number of ether oxygens (including phenoxy) is 2. The first-order valence-corrected chi connectivity index (χ1v) is 10.4. The lowest BCUT2D eigenvalue weighted by molar-refractivity contribution is 0.413. The van der Waals surface area contributed by atoms with E-state index in [1.165, 1.54) is 11.6 Å². The molecule has 0 N–H and O–H groups in total. The summed E-state index contributed by atoms with van der Waals surface area (Å²) in [5.41, 5.74) is 1.94. The van der Waals surface area contributed by atoms with Crippen molar-refractivity contribution >= 4 is 28.5 Å². The van der Waals surface area contributed by atoms with E-state index in [0.717, 1.165) is 15.8 Å². The molecule has 33 heavy (non-hydrogen) atoms. The van der Waals surface area contributed by atoms with E-state index >= 15 is 0 Å². The summed E-state index contributed by atoms with van der Waals surface area (Å²) in [6, 6.07) is 12.9. The van der Waals surface area contributed by atoms with Crippen molar-refractivity contribution in [3.05, 3.63) is 74.5 Å². The second-order valence-electron chi connectivity index (χ2n) is 7.53. The maximum atomic E-state index is 13.0. The zero-order valence-corrected chi connectivity index (χ0v) is 19.1. The molecular formula is C23H20ClN5O4. The minimum absolute atomic E-state index is 0.293. The van der Waals surface area contributed by atoms with Crippen molar-refractivity contribution in [1.82, 2.24) is 23.1 Å². The van der Waals surface area contributed by atoms with Crippen LogP contribution in [-0.4, -0.2) is 37.3 Å². The van der Waals surface area contributed by atoms with Crippen LogP contribution < -0.4 is 20.7 Å². The molecule has 2 aromatic carbocycles. The Morgan fingerprint density at radius 3 is 2.36 bits per heavy atom. The highest BCUT2D eigenvalue weighted by Crippen LogP contribution is 2.35. The van der Waals surface area contributed by atoms with E-state index < -0.39 is 11.2 Å². The van der Waals surface area contributed by atoms with E-state index in [2.05, 4.69) is 0 Å². The number of aromatic nitrogens is 5. The summed E-state index contributed by atoms with van der Waals surface area (Å²) < 4.78 is 16.9. The molecule has 0 atom stereocenters. The quantitative estimate of drug-likeness (QED) is 0.407. The Morgan fingerprint density at radius 2 is 1.67 bits per heavy atom. The molecule has 0 saturated carbocycles. The van der Waals surface area contributed by atoms with Gasteiger partial charge in [0.25, 0.3) is 5.56 Å². The van der Waals surface area contributed by atoms with Crippen molar-refractivity contribution in [2.24, 2.45) is 14.1 Å². The van der Waals surface area contributed by atoms with Crippen molar-refractivity contribution in [2.45, 2.75) is 0 Å². The average Bonchev–Trinajstić information content (AvgIpc) is 3.37. The van der Waals surface area contributed by atoms with Crippen LogP contribution in [0.25, 0.3) is 33.9 Å². The molecule has 0 aliphatic heterocycles. The average molecular weight is 466 g/mol. The number of hydrogen-bond acceptors (Lipinski definition) is 5. The van der Waals surface area contributed by atoms with E-state index in [4.69, 9.17) is 26.1 Å². The molecule has 0 amide bonds. The second kappa shape index (κ2) is 7.56. The number of nitrogens with zero attached hydrogens (tertiary/aromatic N) is 5. The van der Waals surface area contributed by atoms with E-state index in [0.29, 0.717) is 39.2 Å². The molecule has 0 bridgehead atoms. The lowest BCUT2D eigenvalue weighted by atomic mass is 10.1. The molecular weight excluding hydrogens is 446 g/mol. The van der Waals surface area contributed by atoms with Gasteiger partial charge in [0.05, 0.1) is 30.6 Å². The fourth-order valence-electron chi connectivity index (χ4n) is 4.05. The second-order valence-corrected chi connectivity index (χ2v) is 7.94. The Balaban J connectivity index is 1.96. The molecule has 0 aliphatic carbocycles. The number of aryl methyl sites for hydroxylation is 1. The van der Waals surface area contributed by atoms with E-state index in [1.54, 1.807) is 44.0 Å². The van der Waals surface area contributed by atoms with E-state index in [1.807, 2.05) is 34.9 Å². The summed E-state index contributed by atoms with van der Waals surface area (Å²) in [6.45, 7) is 0. The normalized spacial score (nSPS) is 11.4. The minimum atomic E-state index is -0.445. The van der Waals surface area contributed by atoms with Gasteiger partial charge in [0.2, 0.25) is 5.78 Å². The molecule has 0 fully saturated rings. The molecule has 0 radical (unpaired) electrons. The van der Waals surface area contributed by atoms with Crippen molar-refractivity contribution in [3.63, 3.8) is 0 Å². The number of para-hydroxylation sites is 2. The Labute approximate surface area is 192 Å². The summed E-state index contributed by atoms with van der Waals surface area (Å²) in [5.74, 6) is 1.62. The van der Waals surface area contributed by atoms with Gasteiger partial charge in [-0.05, 0) is 30.3 Å². The predicted octanol–water partition coefficient (Wildman–Crippen LogP) is 3.01. The summed E-state index contributed by atoms with van der Waals surface area (Å²) in [6.07, 6.45) is 1.81. The Hall–Kier alpha value is -3.98. The first kappa shape index (κ1) is 20.9. The zero-order valence-electron chi connectivity index (χ0n) is 18.4. The number of methoxy groups -OCH3 is 2. The largest absolute Gasteiger partial charge is 0.495 e. The lowest BCUT2D eigenvalue weighted by Gasteiger charge is -2.13. The molecule has 0 saturated heterocycles. The molecule has 3 aromatic heterocycles. The van der Waals surface area contributed by atoms with E-state index in [9.17, 15) is 9.59 Å². The van der Waals surface area contributed by atoms with Crippen molar-refractivity contribution in [3.8, 4) is 28.4 Å². The van der Waals surface area contributed by atoms with Gasteiger partial charge in [0.15, 0.2) is 11.2 Å². The highest BCUT2D eigenvalue weighted by atomic mass is 35.5. The van der Waals surface area contributed by atoms with Gasteiger partial charge in [-0.2, -0.15) is 4.98 Å². The number of hydrogen-bond donors (Lipinski definition) is 0. The van der Waals surface area contributed by atoms with E-state index in [-0.39, 0.29) is 0 Å². The number of benzene rings is 2. The van der Waals surface area contributed by atoms with Crippen LogP contribution in [0.15, 0.2) is 58.3 Å². The van der Waals surface area contributed by atoms with Crippen molar-refractivity contribution < 1.29 is 9.47 Å². The highest BCUT2D eigenvalue weighted by molar-refractivity contribution is 6.32. The molecule has 0 unspecified atom stereocenters. The van der Waals surface area contributed by atoms with Crippen LogP contribution >= 0.6 is 11.6 Å². The van der Waals surface area contributed by atoms with Crippen LogP contribution in [0, 0.1) is 0 Å². The van der Waals surface area contributed by atoms with Crippen LogP contribution in [0.3, 0.4) is 0 Å². The first-order chi connectivity index (χ1) is 15.9. The van der Waals surface area contributed by atoms with Gasteiger partial charge < -0.3 is 9.47 Å². The SMILES string of the molecule is COc1ccc(-c2cn3c4c(=O)n(C)c(=O)n(C)c4nc3n2-c2ccccc2OC)cc1Cl. The monoisotopic (exact) mass is 465 g/mol. The standard InChI is InChI=1S/C23H20ClN5O4/c1-26-20-19(21(30)27(2)23(26)31)28-12-16(13-9-10-17(32-3)14(24)11-13)29(22(28)25-20)15-7-5-6-8-18(15)33-4/h5-12H,1-4H3. The number of rotatable bonds is 4. The molecule has 168 valence electrons. The fraction of sp³-hybridized carbons (Fsp3) is 0.174. The van der Waals surface area contributed by atoms with Crippen LogP contribution in [0.5, 0.6) is 11.5 Å². The maximum absolute atomic E-state index is 13.0. The third-order valence-electron chi connectivity index (χ3n) is 5.74. The smallest absolute Gasteiger partial charge is 0.332 e. The summed E-state index contributed by atoms with van der Waals surface area (Å²) >= 11 is 6.42.